The molecule has 1 saturated heterocycles. The number of hydrogen-bond donors (Lipinski definition) is 0. The van der Waals surface area contributed by atoms with E-state index >= 15 is 0 Å². The van der Waals surface area contributed by atoms with Gasteiger partial charge in [-0.25, -0.2) is 0 Å². The highest BCUT2D eigenvalue weighted by molar-refractivity contribution is 6.15. The third kappa shape index (κ3) is 1.53. The van der Waals surface area contributed by atoms with Crippen LogP contribution in [0.25, 0.3) is 0 Å². The maximum atomic E-state index is 11.4. The fourth-order valence-corrected chi connectivity index (χ4v) is 1.62. The van der Waals surface area contributed by atoms with Crippen molar-refractivity contribution in [3.05, 3.63) is 29.8 Å². The molecule has 1 aliphatic rings. The molecule has 1 amide bonds. The van der Waals surface area contributed by atoms with Gasteiger partial charge in [-0.15, -0.1) is 0 Å². The molecule has 0 N–H and O–H groups in total. The molecule has 0 aromatic heterocycles. The summed E-state index contributed by atoms with van der Waals surface area (Å²) in [6.07, 6.45) is 0.0495. The van der Waals surface area contributed by atoms with Gasteiger partial charge >= 0.3 is 0 Å². The maximum Gasteiger partial charge on any atom is 0.234 e. The normalized spacial score (nSPS) is 16.5. The molecule has 2 rings (SSSR count). The number of hydrogen-bond acceptors (Lipinski definition) is 2. The van der Waals surface area contributed by atoms with Gasteiger partial charge in [-0.3, -0.25) is 9.59 Å². The first-order valence-corrected chi connectivity index (χ1v) is 4.55. The topological polar surface area (TPSA) is 37.4 Å². The van der Waals surface area contributed by atoms with E-state index in [-0.39, 0.29) is 24.7 Å². The van der Waals surface area contributed by atoms with Gasteiger partial charge in [-0.1, -0.05) is 12.1 Å². The summed E-state index contributed by atoms with van der Waals surface area (Å²) in [7, 11) is 0. The van der Waals surface area contributed by atoms with E-state index in [9.17, 15) is 9.59 Å². The van der Waals surface area contributed by atoms with Crippen LogP contribution in [0.3, 0.4) is 0 Å². The van der Waals surface area contributed by atoms with E-state index in [4.69, 9.17) is 0 Å². The fraction of sp³-hybridized carbons (Fsp3) is 0.273. The Balaban J connectivity index is 2.31. The Morgan fingerprint density at radius 1 is 1.29 bits per heavy atom. The second-order valence-electron chi connectivity index (χ2n) is 3.53. The Bertz CT molecular complexity index is 398. The zero-order valence-corrected chi connectivity index (χ0v) is 7.99. The van der Waals surface area contributed by atoms with E-state index in [2.05, 4.69) is 0 Å². The molecule has 1 aromatic carbocycles. The van der Waals surface area contributed by atoms with E-state index in [0.29, 0.717) is 0 Å². The van der Waals surface area contributed by atoms with Crippen LogP contribution in [0, 0.1) is 6.92 Å². The molecule has 0 radical (unpaired) electrons. The number of benzene rings is 1. The molecule has 0 saturated carbocycles. The van der Waals surface area contributed by atoms with E-state index in [1.807, 2.05) is 31.2 Å². The van der Waals surface area contributed by atoms with Crippen LogP contribution in [0.1, 0.15) is 12.0 Å². The molecule has 3 nitrogen and oxygen atoms in total. The van der Waals surface area contributed by atoms with Gasteiger partial charge in [0.2, 0.25) is 5.91 Å². The number of carbonyl (C=O) groups is 2. The van der Waals surface area contributed by atoms with Gasteiger partial charge in [-0.05, 0) is 24.6 Å². The summed E-state index contributed by atoms with van der Waals surface area (Å²) in [6.45, 7) is 2.19. The van der Waals surface area contributed by atoms with Crippen LogP contribution in [0.4, 0.5) is 5.69 Å². The highest BCUT2D eigenvalue weighted by atomic mass is 16.2. The molecular formula is C11H11NO2. The second-order valence-corrected chi connectivity index (χ2v) is 3.53. The summed E-state index contributed by atoms with van der Waals surface area (Å²) in [5, 5.41) is 0. The highest BCUT2D eigenvalue weighted by Crippen LogP contribution is 2.20. The van der Waals surface area contributed by atoms with Crippen molar-refractivity contribution < 1.29 is 9.59 Å². The quantitative estimate of drug-likeness (QED) is 0.624. The lowest BCUT2D eigenvalue weighted by Gasteiger charge is -2.14. The molecule has 0 bridgehead atoms. The van der Waals surface area contributed by atoms with Gasteiger partial charge in [0.05, 0.1) is 13.0 Å². The number of aryl methyl sites for hydroxylation is 1. The molecule has 14 heavy (non-hydrogen) atoms. The Morgan fingerprint density at radius 3 is 2.64 bits per heavy atom. The minimum Gasteiger partial charge on any atom is -0.305 e. The van der Waals surface area contributed by atoms with Crippen LogP contribution in [0.5, 0.6) is 0 Å². The smallest absolute Gasteiger partial charge is 0.234 e. The van der Waals surface area contributed by atoms with E-state index < -0.39 is 0 Å². The monoisotopic (exact) mass is 189 g/mol. The predicted molar refractivity (Wildman–Crippen MR) is 53.2 cm³/mol. The number of rotatable bonds is 1. The number of carbonyl (C=O) groups excluding carboxylic acids is 2. The summed E-state index contributed by atoms with van der Waals surface area (Å²) in [6, 6.07) is 7.62. The number of anilines is 1. The lowest BCUT2D eigenvalue weighted by Crippen LogP contribution is -2.24. The van der Waals surface area contributed by atoms with Gasteiger partial charge in [-0.2, -0.15) is 0 Å². The van der Waals surface area contributed by atoms with Crippen LogP contribution < -0.4 is 4.90 Å². The molecule has 1 fully saturated rings. The van der Waals surface area contributed by atoms with E-state index in [1.54, 1.807) is 0 Å². The van der Waals surface area contributed by atoms with Gasteiger partial charge in [0.25, 0.3) is 0 Å². The average Bonchev–Trinajstić information content (AvgIpc) is 2.45. The highest BCUT2D eigenvalue weighted by Gasteiger charge is 2.28. The third-order valence-corrected chi connectivity index (χ3v) is 2.30. The molecule has 0 aliphatic carbocycles. The zero-order chi connectivity index (χ0) is 10.1. The van der Waals surface area contributed by atoms with Crippen LogP contribution in [-0.4, -0.2) is 18.2 Å². The number of ketones is 1. The van der Waals surface area contributed by atoms with E-state index in [0.717, 1.165) is 11.3 Å². The summed E-state index contributed by atoms with van der Waals surface area (Å²) >= 11 is 0. The van der Waals surface area contributed by atoms with Crippen molar-refractivity contribution in [3.8, 4) is 0 Å². The summed E-state index contributed by atoms with van der Waals surface area (Å²) < 4.78 is 0. The lowest BCUT2D eigenvalue weighted by atomic mass is 10.2. The Labute approximate surface area is 82.3 Å². The molecule has 3 heteroatoms. The number of amides is 1. The Morgan fingerprint density at radius 2 is 2.07 bits per heavy atom. The molecule has 0 atom stereocenters. The Hall–Kier alpha value is -1.64. The predicted octanol–water partition coefficient (Wildman–Crippen LogP) is 1.30. The van der Waals surface area contributed by atoms with Crippen LogP contribution in [-0.2, 0) is 9.59 Å². The van der Waals surface area contributed by atoms with Crippen molar-refractivity contribution in [1.82, 2.24) is 0 Å². The maximum absolute atomic E-state index is 11.4. The lowest BCUT2D eigenvalue weighted by molar-refractivity contribution is -0.121. The van der Waals surface area contributed by atoms with Crippen molar-refractivity contribution in [2.45, 2.75) is 13.3 Å². The van der Waals surface area contributed by atoms with Crippen molar-refractivity contribution in [2.24, 2.45) is 0 Å². The first-order valence-electron chi connectivity index (χ1n) is 4.55. The van der Waals surface area contributed by atoms with Gasteiger partial charge in [0, 0.05) is 5.69 Å². The second kappa shape index (κ2) is 3.25. The molecule has 72 valence electrons. The number of Topliss-reactive ketones (excluding diaryl/α,β-unsaturated/α-hetero) is 1. The Kier molecular flexibility index (Phi) is 2.08. The van der Waals surface area contributed by atoms with Crippen molar-refractivity contribution >= 4 is 17.4 Å². The van der Waals surface area contributed by atoms with Crippen LogP contribution >= 0.6 is 0 Å². The van der Waals surface area contributed by atoms with Crippen LogP contribution in [0.15, 0.2) is 24.3 Å². The molecule has 0 unspecified atom stereocenters. The minimum atomic E-state index is -0.0967. The van der Waals surface area contributed by atoms with Crippen molar-refractivity contribution in [2.75, 3.05) is 11.4 Å². The first kappa shape index (κ1) is 8.94. The van der Waals surface area contributed by atoms with Crippen molar-refractivity contribution in [3.63, 3.8) is 0 Å². The zero-order valence-electron chi connectivity index (χ0n) is 7.99. The molecular weight excluding hydrogens is 178 g/mol. The van der Waals surface area contributed by atoms with Gasteiger partial charge < -0.3 is 4.90 Å². The standard InChI is InChI=1S/C11H11NO2/c1-8-3-2-4-9(5-8)12-7-10(13)6-11(12)14/h2-5H,6-7H2,1H3. The SMILES string of the molecule is Cc1cccc(N2CC(=O)CC2=O)c1. The summed E-state index contributed by atoms with van der Waals surface area (Å²) in [5.74, 6) is -0.0999. The summed E-state index contributed by atoms with van der Waals surface area (Å²) in [4.78, 5) is 24.0. The first-order chi connectivity index (χ1) is 6.66. The van der Waals surface area contributed by atoms with Crippen molar-refractivity contribution in [1.29, 1.82) is 0 Å². The molecule has 1 aromatic rings. The minimum absolute atomic E-state index is 0.00324. The molecule has 0 spiro atoms. The average molecular weight is 189 g/mol. The van der Waals surface area contributed by atoms with E-state index in [1.165, 1.54) is 4.90 Å². The third-order valence-electron chi connectivity index (χ3n) is 2.30. The largest absolute Gasteiger partial charge is 0.305 e. The number of nitrogens with zero attached hydrogens (tertiary/aromatic N) is 1. The van der Waals surface area contributed by atoms with Gasteiger partial charge in [0.1, 0.15) is 0 Å². The van der Waals surface area contributed by atoms with Gasteiger partial charge in [0.15, 0.2) is 5.78 Å². The summed E-state index contributed by atoms with van der Waals surface area (Å²) in [5.41, 5.74) is 1.91. The fourth-order valence-electron chi connectivity index (χ4n) is 1.62. The molecule has 1 heterocycles. The van der Waals surface area contributed by atoms with Crippen LogP contribution in [0.2, 0.25) is 0 Å². The molecule has 1 aliphatic heterocycles.